The Bertz CT molecular complexity index is 674. The summed E-state index contributed by atoms with van der Waals surface area (Å²) in [4.78, 5) is 11.7. The number of hydrogen-bond donors (Lipinski definition) is 1. The predicted molar refractivity (Wildman–Crippen MR) is 71.6 cm³/mol. The van der Waals surface area contributed by atoms with Crippen LogP contribution in [0.2, 0.25) is 0 Å². The van der Waals surface area contributed by atoms with Crippen molar-refractivity contribution in [1.82, 2.24) is 0 Å². The molecule has 0 aromatic heterocycles. The van der Waals surface area contributed by atoms with Crippen LogP contribution in [0, 0.1) is 24.4 Å². The van der Waals surface area contributed by atoms with Crippen molar-refractivity contribution in [3.63, 3.8) is 0 Å². The number of rotatable bonds is 4. The van der Waals surface area contributed by atoms with E-state index in [1.807, 2.05) is 0 Å². The third kappa shape index (κ3) is 3.98. The van der Waals surface area contributed by atoms with Gasteiger partial charge in [-0.15, -0.1) is 0 Å². The molecule has 2 rings (SSSR count). The second kappa shape index (κ2) is 6.30. The molecule has 2 aromatic carbocycles. The number of ether oxygens (including phenoxy) is 1. The number of aryl methyl sites for hydroxylation is 1. The van der Waals surface area contributed by atoms with Crippen LogP contribution in [0.4, 0.5) is 18.9 Å². The molecule has 0 aliphatic rings. The van der Waals surface area contributed by atoms with Gasteiger partial charge in [-0.25, -0.2) is 13.2 Å². The largest absolute Gasteiger partial charge is 0.484 e. The summed E-state index contributed by atoms with van der Waals surface area (Å²) in [6.45, 7) is 1.31. The maximum absolute atomic E-state index is 13.1. The van der Waals surface area contributed by atoms with Crippen molar-refractivity contribution in [2.75, 3.05) is 11.9 Å². The molecule has 0 unspecified atom stereocenters. The average Bonchev–Trinajstić information content (AvgIpc) is 2.44. The van der Waals surface area contributed by atoms with Gasteiger partial charge in [0.25, 0.3) is 5.91 Å². The Morgan fingerprint density at radius 3 is 2.57 bits per heavy atom. The highest BCUT2D eigenvalue weighted by molar-refractivity contribution is 5.92. The van der Waals surface area contributed by atoms with E-state index in [1.54, 1.807) is 6.92 Å². The van der Waals surface area contributed by atoms with Gasteiger partial charge in [-0.05, 0) is 36.8 Å². The summed E-state index contributed by atoms with van der Waals surface area (Å²) in [7, 11) is 0. The number of amides is 1. The van der Waals surface area contributed by atoms with Gasteiger partial charge < -0.3 is 10.1 Å². The van der Waals surface area contributed by atoms with Gasteiger partial charge in [0.1, 0.15) is 11.6 Å². The third-order valence-electron chi connectivity index (χ3n) is 2.73. The van der Waals surface area contributed by atoms with Crippen molar-refractivity contribution >= 4 is 11.6 Å². The van der Waals surface area contributed by atoms with E-state index < -0.39 is 30.0 Å². The molecule has 6 heteroatoms. The molecule has 0 bridgehead atoms. The fourth-order valence-corrected chi connectivity index (χ4v) is 1.63. The first-order valence-electron chi connectivity index (χ1n) is 6.09. The van der Waals surface area contributed by atoms with Gasteiger partial charge in [0.05, 0.1) is 0 Å². The van der Waals surface area contributed by atoms with Crippen LogP contribution >= 0.6 is 0 Å². The highest BCUT2D eigenvalue weighted by atomic mass is 19.2. The molecule has 0 fully saturated rings. The van der Waals surface area contributed by atoms with Crippen LogP contribution in [0.3, 0.4) is 0 Å². The molecule has 21 heavy (non-hydrogen) atoms. The van der Waals surface area contributed by atoms with E-state index in [9.17, 15) is 18.0 Å². The van der Waals surface area contributed by atoms with Crippen LogP contribution in [-0.4, -0.2) is 12.5 Å². The van der Waals surface area contributed by atoms with Gasteiger partial charge in [-0.3, -0.25) is 4.79 Å². The Kier molecular flexibility index (Phi) is 4.47. The fourth-order valence-electron chi connectivity index (χ4n) is 1.63. The molecular formula is C15H12F3NO2. The Hall–Kier alpha value is -2.50. The smallest absolute Gasteiger partial charge is 0.262 e. The van der Waals surface area contributed by atoms with E-state index in [1.165, 1.54) is 24.3 Å². The molecule has 2 aromatic rings. The SMILES string of the molecule is Cc1ccc(F)cc1NC(=O)COc1ccc(F)c(F)c1. The van der Waals surface area contributed by atoms with Crippen molar-refractivity contribution in [2.24, 2.45) is 0 Å². The second-order valence-corrected chi connectivity index (χ2v) is 4.37. The summed E-state index contributed by atoms with van der Waals surface area (Å²) in [6, 6.07) is 6.95. The quantitative estimate of drug-likeness (QED) is 0.938. The molecule has 0 aliphatic heterocycles. The van der Waals surface area contributed by atoms with E-state index in [0.717, 1.165) is 12.1 Å². The summed E-state index contributed by atoms with van der Waals surface area (Å²) >= 11 is 0. The summed E-state index contributed by atoms with van der Waals surface area (Å²) < 4.78 is 43.8. The Labute approximate surface area is 119 Å². The highest BCUT2D eigenvalue weighted by Gasteiger charge is 2.08. The number of carbonyl (C=O) groups is 1. The molecule has 1 N–H and O–H groups in total. The van der Waals surface area contributed by atoms with Crippen molar-refractivity contribution < 1.29 is 22.7 Å². The second-order valence-electron chi connectivity index (χ2n) is 4.37. The van der Waals surface area contributed by atoms with Crippen molar-refractivity contribution in [3.8, 4) is 5.75 Å². The lowest BCUT2D eigenvalue weighted by atomic mass is 10.2. The normalized spacial score (nSPS) is 10.3. The summed E-state index contributed by atoms with van der Waals surface area (Å²) in [6.07, 6.45) is 0. The molecule has 110 valence electrons. The van der Waals surface area contributed by atoms with Gasteiger partial charge in [0.15, 0.2) is 18.2 Å². The van der Waals surface area contributed by atoms with Crippen LogP contribution in [0.15, 0.2) is 36.4 Å². The minimum atomic E-state index is -1.06. The van der Waals surface area contributed by atoms with Gasteiger partial charge in [0, 0.05) is 11.8 Å². The maximum atomic E-state index is 13.1. The minimum absolute atomic E-state index is 0.0278. The number of carbonyl (C=O) groups excluding carboxylic acids is 1. The lowest BCUT2D eigenvalue weighted by Crippen LogP contribution is -2.20. The number of benzene rings is 2. The minimum Gasteiger partial charge on any atom is -0.484 e. The lowest BCUT2D eigenvalue weighted by Gasteiger charge is -2.10. The van der Waals surface area contributed by atoms with Crippen molar-refractivity contribution in [3.05, 3.63) is 59.4 Å². The molecule has 0 radical (unpaired) electrons. The van der Waals surface area contributed by atoms with E-state index >= 15 is 0 Å². The summed E-state index contributed by atoms with van der Waals surface area (Å²) in [5.41, 5.74) is 1.02. The molecule has 0 aliphatic carbocycles. The first-order chi connectivity index (χ1) is 9.95. The third-order valence-corrected chi connectivity index (χ3v) is 2.73. The average molecular weight is 295 g/mol. The number of anilines is 1. The molecule has 0 atom stereocenters. The van der Waals surface area contributed by atoms with Crippen LogP contribution < -0.4 is 10.1 Å². The first-order valence-corrected chi connectivity index (χ1v) is 6.09. The maximum Gasteiger partial charge on any atom is 0.262 e. The van der Waals surface area contributed by atoms with Gasteiger partial charge >= 0.3 is 0 Å². The molecular weight excluding hydrogens is 283 g/mol. The van der Waals surface area contributed by atoms with Crippen LogP contribution in [0.25, 0.3) is 0 Å². The molecule has 0 heterocycles. The number of halogens is 3. The zero-order valence-corrected chi connectivity index (χ0v) is 11.1. The zero-order valence-electron chi connectivity index (χ0n) is 11.1. The Morgan fingerprint density at radius 2 is 1.86 bits per heavy atom. The van der Waals surface area contributed by atoms with E-state index in [2.05, 4.69) is 5.32 Å². The molecule has 0 saturated carbocycles. The van der Waals surface area contributed by atoms with Gasteiger partial charge in [-0.1, -0.05) is 6.07 Å². The molecule has 3 nitrogen and oxygen atoms in total. The van der Waals surface area contributed by atoms with Crippen LogP contribution in [-0.2, 0) is 4.79 Å². The topological polar surface area (TPSA) is 38.3 Å². The summed E-state index contributed by atoms with van der Waals surface area (Å²) in [5.74, 6) is -3.04. The van der Waals surface area contributed by atoms with E-state index in [0.29, 0.717) is 11.3 Å². The zero-order chi connectivity index (χ0) is 15.4. The summed E-state index contributed by atoms with van der Waals surface area (Å²) in [5, 5.41) is 2.48. The lowest BCUT2D eigenvalue weighted by molar-refractivity contribution is -0.118. The fraction of sp³-hybridized carbons (Fsp3) is 0.133. The van der Waals surface area contributed by atoms with Crippen LogP contribution in [0.1, 0.15) is 5.56 Å². The van der Waals surface area contributed by atoms with Gasteiger partial charge in [0.2, 0.25) is 0 Å². The van der Waals surface area contributed by atoms with Gasteiger partial charge in [-0.2, -0.15) is 0 Å². The van der Waals surface area contributed by atoms with Crippen molar-refractivity contribution in [2.45, 2.75) is 6.92 Å². The van der Waals surface area contributed by atoms with Crippen molar-refractivity contribution in [1.29, 1.82) is 0 Å². The molecule has 1 amide bonds. The predicted octanol–water partition coefficient (Wildman–Crippen LogP) is 3.43. The number of nitrogens with one attached hydrogen (secondary N) is 1. The van der Waals surface area contributed by atoms with E-state index in [-0.39, 0.29) is 5.75 Å². The Morgan fingerprint density at radius 1 is 1.10 bits per heavy atom. The monoisotopic (exact) mass is 295 g/mol. The van der Waals surface area contributed by atoms with Crippen LogP contribution in [0.5, 0.6) is 5.75 Å². The molecule has 0 spiro atoms. The Balaban J connectivity index is 1.95. The number of hydrogen-bond acceptors (Lipinski definition) is 2. The van der Waals surface area contributed by atoms with E-state index in [4.69, 9.17) is 4.74 Å². The molecule has 0 saturated heterocycles. The highest BCUT2D eigenvalue weighted by Crippen LogP contribution is 2.17. The first kappa shape index (κ1) is 14.9. The standard InChI is InChI=1S/C15H12F3NO2/c1-9-2-3-10(16)6-14(9)19-15(20)8-21-11-4-5-12(17)13(18)7-11/h2-7H,8H2,1H3,(H,19,20).